The molecule has 0 aliphatic carbocycles. The van der Waals surface area contributed by atoms with Crippen molar-refractivity contribution in [3.05, 3.63) is 82.3 Å². The maximum absolute atomic E-state index is 12.6. The molecular weight excluding hydrogens is 527 g/mol. The van der Waals surface area contributed by atoms with Gasteiger partial charge in [0, 0.05) is 18.7 Å². The molecule has 0 saturated carbocycles. The molecule has 7 nitrogen and oxygen atoms in total. The van der Waals surface area contributed by atoms with Gasteiger partial charge >= 0.3 is 5.97 Å². The molecule has 3 aromatic carbocycles. The second-order valence-electron chi connectivity index (χ2n) is 10.0. The van der Waals surface area contributed by atoms with E-state index >= 15 is 0 Å². The molecule has 198 valence electrons. The highest BCUT2D eigenvalue weighted by atomic mass is 35.5. The lowest BCUT2D eigenvalue weighted by Gasteiger charge is -2.19. The lowest BCUT2D eigenvalue weighted by atomic mass is 9.87. The Morgan fingerprint density at radius 1 is 0.974 bits per heavy atom. The summed E-state index contributed by atoms with van der Waals surface area (Å²) in [5.74, 6) is -0.715. The minimum absolute atomic E-state index is 0.00104. The van der Waals surface area contributed by atoms with Crippen molar-refractivity contribution in [2.24, 2.45) is 5.92 Å². The summed E-state index contributed by atoms with van der Waals surface area (Å²) < 4.78 is 11.1. The first kappa shape index (κ1) is 27.5. The highest BCUT2D eigenvalue weighted by molar-refractivity contribution is 6.44. The van der Waals surface area contributed by atoms with Crippen LogP contribution in [0.1, 0.15) is 32.8 Å². The van der Waals surface area contributed by atoms with Crippen molar-refractivity contribution in [1.29, 1.82) is 0 Å². The Morgan fingerprint density at radius 2 is 1.61 bits per heavy atom. The number of esters is 1. The van der Waals surface area contributed by atoms with Crippen molar-refractivity contribution >= 4 is 52.4 Å². The highest BCUT2D eigenvalue weighted by Gasteiger charge is 2.36. The van der Waals surface area contributed by atoms with Crippen molar-refractivity contribution in [2.75, 3.05) is 23.4 Å². The summed E-state index contributed by atoms with van der Waals surface area (Å²) in [7, 11) is 0. The molecule has 1 heterocycles. The van der Waals surface area contributed by atoms with Gasteiger partial charge in [-0.3, -0.25) is 14.4 Å². The first-order valence-corrected chi connectivity index (χ1v) is 12.9. The Hall–Kier alpha value is -3.55. The van der Waals surface area contributed by atoms with Gasteiger partial charge in [0.2, 0.25) is 5.91 Å². The van der Waals surface area contributed by atoms with Crippen molar-refractivity contribution < 1.29 is 23.9 Å². The van der Waals surface area contributed by atoms with Gasteiger partial charge in [0.15, 0.2) is 6.61 Å². The molecule has 38 heavy (non-hydrogen) atoms. The molecule has 0 spiro atoms. The first-order chi connectivity index (χ1) is 18.0. The van der Waals surface area contributed by atoms with Gasteiger partial charge < -0.3 is 19.7 Å². The molecule has 1 aliphatic rings. The summed E-state index contributed by atoms with van der Waals surface area (Å²) >= 11 is 12.0. The molecule has 0 aromatic heterocycles. The predicted octanol–water partition coefficient (Wildman–Crippen LogP) is 6.62. The average Bonchev–Trinajstić information content (AvgIpc) is 3.27. The zero-order valence-corrected chi connectivity index (χ0v) is 22.8. The number of nitrogens with one attached hydrogen (secondary N) is 1. The molecule has 2 amide bonds. The summed E-state index contributed by atoms with van der Waals surface area (Å²) in [6.07, 6.45) is -0.00104. The Morgan fingerprint density at radius 3 is 2.24 bits per heavy atom. The van der Waals surface area contributed by atoms with Gasteiger partial charge in [-0.25, -0.2) is 0 Å². The fourth-order valence-corrected chi connectivity index (χ4v) is 4.36. The van der Waals surface area contributed by atoms with Crippen LogP contribution in [0.3, 0.4) is 0 Å². The van der Waals surface area contributed by atoms with E-state index in [1.165, 1.54) is 10.5 Å². The monoisotopic (exact) mass is 554 g/mol. The molecule has 1 saturated heterocycles. The van der Waals surface area contributed by atoms with Crippen LogP contribution in [-0.2, 0) is 24.5 Å². The van der Waals surface area contributed by atoms with Crippen LogP contribution in [0.2, 0.25) is 10.0 Å². The third kappa shape index (κ3) is 6.65. The number of benzene rings is 3. The highest BCUT2D eigenvalue weighted by Crippen LogP contribution is 2.31. The smallest absolute Gasteiger partial charge is 0.311 e. The third-order valence-corrected chi connectivity index (χ3v) is 6.95. The number of hydrogen-bond acceptors (Lipinski definition) is 5. The predicted molar refractivity (Wildman–Crippen MR) is 148 cm³/mol. The number of amides is 2. The first-order valence-electron chi connectivity index (χ1n) is 12.1. The Balaban J connectivity index is 1.30. The Bertz CT molecular complexity index is 1330. The molecule has 9 heteroatoms. The topological polar surface area (TPSA) is 84.9 Å². The molecule has 1 N–H and O–H groups in total. The molecule has 0 unspecified atom stereocenters. The standard InChI is InChI=1S/C29H28Cl2N2O5/c1-29(2,3)19-7-11-21(12-8-19)38-22-13-9-20(10-14-22)33-16-18(15-26(33)35)28(36)37-17-25(34)32-24-6-4-5-23(30)27(24)31/h4-14,18H,15-17H2,1-3H3,(H,32,34)/t18-/m1/s1. The Labute approximate surface area is 231 Å². The molecule has 1 fully saturated rings. The Kier molecular flexibility index (Phi) is 8.29. The van der Waals surface area contributed by atoms with Crippen LogP contribution in [0.25, 0.3) is 0 Å². The number of anilines is 2. The molecule has 3 aromatic rings. The lowest BCUT2D eigenvalue weighted by molar-refractivity contribution is -0.151. The van der Waals surface area contributed by atoms with Gasteiger partial charge in [-0.2, -0.15) is 0 Å². The van der Waals surface area contributed by atoms with Gasteiger partial charge in [0.05, 0.1) is 21.7 Å². The second kappa shape index (κ2) is 11.5. The minimum Gasteiger partial charge on any atom is -0.457 e. The number of carbonyl (C=O) groups is 3. The molecular formula is C29H28Cl2N2O5. The SMILES string of the molecule is CC(C)(C)c1ccc(Oc2ccc(N3C[C@H](C(=O)OCC(=O)Nc4cccc(Cl)c4Cl)CC3=O)cc2)cc1. The number of ether oxygens (including phenoxy) is 2. The van der Waals surface area contributed by atoms with Crippen LogP contribution in [0.4, 0.5) is 11.4 Å². The molecule has 1 atom stereocenters. The van der Waals surface area contributed by atoms with Gasteiger partial charge in [0.25, 0.3) is 5.91 Å². The van der Waals surface area contributed by atoms with E-state index in [1.807, 2.05) is 24.3 Å². The summed E-state index contributed by atoms with van der Waals surface area (Å²) in [6.45, 7) is 6.12. The van der Waals surface area contributed by atoms with E-state index in [4.69, 9.17) is 32.7 Å². The fourth-order valence-electron chi connectivity index (χ4n) is 4.01. The zero-order chi connectivity index (χ0) is 27.4. The fraction of sp³-hybridized carbons (Fsp3) is 0.276. The normalized spacial score (nSPS) is 15.3. The van der Waals surface area contributed by atoms with E-state index in [9.17, 15) is 14.4 Å². The van der Waals surface area contributed by atoms with Crippen LogP contribution in [0, 0.1) is 5.92 Å². The summed E-state index contributed by atoms with van der Waals surface area (Å²) in [4.78, 5) is 38.9. The van der Waals surface area contributed by atoms with Gasteiger partial charge in [-0.15, -0.1) is 0 Å². The summed E-state index contributed by atoms with van der Waals surface area (Å²) in [5, 5.41) is 3.04. The molecule has 0 radical (unpaired) electrons. The van der Waals surface area contributed by atoms with E-state index in [2.05, 4.69) is 26.1 Å². The molecule has 1 aliphatic heterocycles. The number of halogens is 2. The van der Waals surface area contributed by atoms with Crippen molar-refractivity contribution in [3.63, 3.8) is 0 Å². The maximum atomic E-state index is 12.6. The van der Waals surface area contributed by atoms with Crippen molar-refractivity contribution in [3.8, 4) is 11.5 Å². The van der Waals surface area contributed by atoms with Crippen LogP contribution < -0.4 is 15.0 Å². The van der Waals surface area contributed by atoms with Gasteiger partial charge in [-0.1, -0.05) is 62.2 Å². The minimum atomic E-state index is -0.678. The van der Waals surface area contributed by atoms with E-state index in [-0.39, 0.29) is 29.3 Å². The number of carbonyl (C=O) groups excluding carboxylic acids is 3. The molecule has 0 bridgehead atoms. The second-order valence-corrected chi connectivity index (χ2v) is 10.8. The number of hydrogen-bond donors (Lipinski definition) is 1. The van der Waals surface area contributed by atoms with Crippen molar-refractivity contribution in [1.82, 2.24) is 0 Å². The summed E-state index contributed by atoms with van der Waals surface area (Å²) in [6, 6.07) is 19.8. The average molecular weight is 555 g/mol. The van der Waals surface area contributed by atoms with E-state index in [0.29, 0.717) is 27.9 Å². The summed E-state index contributed by atoms with van der Waals surface area (Å²) in [5.41, 5.74) is 2.24. The maximum Gasteiger partial charge on any atom is 0.311 e. The number of rotatable bonds is 7. The third-order valence-electron chi connectivity index (χ3n) is 6.13. The van der Waals surface area contributed by atoms with Gasteiger partial charge in [-0.05, 0) is 59.5 Å². The van der Waals surface area contributed by atoms with E-state index in [1.54, 1.807) is 42.5 Å². The van der Waals surface area contributed by atoms with E-state index in [0.717, 1.165) is 0 Å². The van der Waals surface area contributed by atoms with Crippen molar-refractivity contribution in [2.45, 2.75) is 32.6 Å². The van der Waals surface area contributed by atoms with Crippen LogP contribution in [-0.4, -0.2) is 30.9 Å². The lowest BCUT2D eigenvalue weighted by Crippen LogP contribution is -2.28. The van der Waals surface area contributed by atoms with Gasteiger partial charge in [0.1, 0.15) is 11.5 Å². The van der Waals surface area contributed by atoms with E-state index < -0.39 is 24.4 Å². The largest absolute Gasteiger partial charge is 0.457 e. The number of nitrogens with zero attached hydrogens (tertiary/aromatic N) is 1. The van der Waals surface area contributed by atoms with Crippen LogP contribution in [0.15, 0.2) is 66.7 Å². The molecule has 4 rings (SSSR count). The van der Waals surface area contributed by atoms with Crippen LogP contribution in [0.5, 0.6) is 11.5 Å². The van der Waals surface area contributed by atoms with Crippen LogP contribution >= 0.6 is 23.2 Å². The zero-order valence-electron chi connectivity index (χ0n) is 21.3. The quantitative estimate of drug-likeness (QED) is 0.332.